The summed E-state index contributed by atoms with van der Waals surface area (Å²) in [5.41, 5.74) is 0.472. The van der Waals surface area contributed by atoms with Crippen LogP contribution in [0.5, 0.6) is 0 Å². The van der Waals surface area contributed by atoms with E-state index < -0.39 is 64.4 Å². The zero-order chi connectivity index (χ0) is 28.7. The molecule has 0 aromatic heterocycles. The first-order valence-electron chi connectivity index (χ1n) is 12.2. The summed E-state index contributed by atoms with van der Waals surface area (Å²) in [6.07, 6.45) is -4.76. The van der Waals surface area contributed by atoms with Gasteiger partial charge in [0.2, 0.25) is 0 Å². The van der Waals surface area contributed by atoms with Crippen LogP contribution in [0.15, 0.2) is 91.0 Å². The molecule has 0 aliphatic carbocycles. The lowest BCUT2D eigenvalue weighted by Crippen LogP contribution is -2.67. The van der Waals surface area contributed by atoms with Crippen LogP contribution in [0.1, 0.15) is 31.1 Å². The molecule has 0 bridgehead atoms. The SMILES string of the molecule is CO[C@H]1O[C@H](COC(=O)c2ccccc2)[C@@H](S(=O)(=O)[O-])[C@H](OC(=O)c2ccccc2)[C@H]1NC(=O)c1ccccc1. The van der Waals surface area contributed by atoms with Gasteiger partial charge in [-0.2, -0.15) is 0 Å². The highest BCUT2D eigenvalue weighted by molar-refractivity contribution is 7.86. The fraction of sp³-hybridized carbons (Fsp3) is 0.250. The molecule has 1 heterocycles. The minimum Gasteiger partial charge on any atom is -0.748 e. The maximum absolute atomic E-state index is 13.0. The van der Waals surface area contributed by atoms with E-state index in [1.165, 1.54) is 43.5 Å². The average Bonchev–Trinajstić information content (AvgIpc) is 2.97. The van der Waals surface area contributed by atoms with Gasteiger partial charge in [0.25, 0.3) is 5.91 Å². The second kappa shape index (κ2) is 12.8. The van der Waals surface area contributed by atoms with Crippen molar-refractivity contribution in [3.8, 4) is 0 Å². The highest BCUT2D eigenvalue weighted by Crippen LogP contribution is 2.30. The van der Waals surface area contributed by atoms with Gasteiger partial charge < -0.3 is 28.8 Å². The minimum absolute atomic E-state index is 0.0743. The Morgan fingerprint density at radius 2 is 1.32 bits per heavy atom. The van der Waals surface area contributed by atoms with E-state index >= 15 is 0 Å². The largest absolute Gasteiger partial charge is 0.748 e. The molecule has 1 saturated heterocycles. The smallest absolute Gasteiger partial charge is 0.338 e. The van der Waals surface area contributed by atoms with Crippen molar-refractivity contribution < 1.29 is 46.3 Å². The number of nitrogens with one attached hydrogen (secondary N) is 1. The fourth-order valence-electron chi connectivity index (χ4n) is 4.29. The highest BCUT2D eigenvalue weighted by atomic mass is 32.2. The lowest BCUT2D eigenvalue weighted by molar-refractivity contribution is -0.223. The van der Waals surface area contributed by atoms with Gasteiger partial charge in [-0.1, -0.05) is 54.6 Å². The van der Waals surface area contributed by atoms with Gasteiger partial charge >= 0.3 is 11.9 Å². The summed E-state index contributed by atoms with van der Waals surface area (Å²) in [6, 6.07) is 22.1. The van der Waals surface area contributed by atoms with Gasteiger partial charge in [0.15, 0.2) is 6.29 Å². The number of rotatable bonds is 9. The Hall–Kier alpha value is -4.10. The van der Waals surface area contributed by atoms with Crippen LogP contribution in [0.4, 0.5) is 0 Å². The van der Waals surface area contributed by atoms with E-state index in [0.717, 1.165) is 0 Å². The summed E-state index contributed by atoms with van der Waals surface area (Å²) in [7, 11) is -4.06. The number of hydrogen-bond acceptors (Lipinski definition) is 10. The number of carbonyl (C=O) groups excluding carboxylic acids is 3. The average molecular weight is 569 g/mol. The third-order valence-electron chi connectivity index (χ3n) is 6.19. The van der Waals surface area contributed by atoms with Gasteiger partial charge in [-0.05, 0) is 36.4 Å². The number of carbonyl (C=O) groups is 3. The Labute approximate surface area is 230 Å². The molecule has 12 heteroatoms. The third kappa shape index (κ3) is 6.90. The van der Waals surface area contributed by atoms with Crippen LogP contribution in [0.2, 0.25) is 0 Å². The van der Waals surface area contributed by atoms with E-state index in [4.69, 9.17) is 18.9 Å². The van der Waals surface area contributed by atoms with Gasteiger partial charge in [-0.25, -0.2) is 18.0 Å². The molecular formula is C28H26NO10S-. The van der Waals surface area contributed by atoms with E-state index in [2.05, 4.69) is 5.32 Å². The van der Waals surface area contributed by atoms with Gasteiger partial charge in [0.1, 0.15) is 40.2 Å². The molecular weight excluding hydrogens is 542 g/mol. The van der Waals surface area contributed by atoms with Crippen LogP contribution in [-0.2, 0) is 29.1 Å². The molecule has 210 valence electrons. The zero-order valence-electron chi connectivity index (χ0n) is 21.2. The minimum atomic E-state index is -5.28. The third-order valence-corrected chi connectivity index (χ3v) is 7.42. The predicted molar refractivity (Wildman–Crippen MR) is 139 cm³/mol. The van der Waals surface area contributed by atoms with Crippen LogP contribution >= 0.6 is 0 Å². The first-order chi connectivity index (χ1) is 19.2. The molecule has 0 spiro atoms. The molecule has 0 saturated carbocycles. The van der Waals surface area contributed by atoms with Crippen LogP contribution in [0.3, 0.4) is 0 Å². The number of amides is 1. The summed E-state index contributed by atoms with van der Waals surface area (Å²) in [6.45, 7) is -0.682. The second-order valence-corrected chi connectivity index (χ2v) is 10.3. The molecule has 3 aromatic rings. The maximum atomic E-state index is 13.0. The molecule has 11 nitrogen and oxygen atoms in total. The number of esters is 2. The number of benzene rings is 3. The van der Waals surface area contributed by atoms with Crippen molar-refractivity contribution >= 4 is 28.0 Å². The molecule has 3 aromatic carbocycles. The quantitative estimate of drug-likeness (QED) is 0.300. The van der Waals surface area contributed by atoms with E-state index in [-0.39, 0.29) is 16.7 Å². The van der Waals surface area contributed by atoms with Crippen LogP contribution in [0.25, 0.3) is 0 Å². The number of methoxy groups -OCH3 is 1. The van der Waals surface area contributed by atoms with Crippen molar-refractivity contribution in [2.24, 2.45) is 0 Å². The monoisotopic (exact) mass is 568 g/mol. The number of ether oxygens (including phenoxy) is 4. The van der Waals surface area contributed by atoms with E-state index in [1.807, 2.05) is 0 Å². The van der Waals surface area contributed by atoms with Gasteiger partial charge in [-0.3, -0.25) is 4.79 Å². The summed E-state index contributed by atoms with van der Waals surface area (Å²) < 4.78 is 59.8. The summed E-state index contributed by atoms with van der Waals surface area (Å²) in [5, 5.41) is 0.506. The maximum Gasteiger partial charge on any atom is 0.338 e. The normalized spacial score (nSPS) is 22.6. The van der Waals surface area contributed by atoms with Crippen molar-refractivity contribution in [2.75, 3.05) is 13.7 Å². The molecule has 4 rings (SSSR count). The molecule has 1 N–H and O–H groups in total. The van der Waals surface area contributed by atoms with Crippen molar-refractivity contribution in [2.45, 2.75) is 29.8 Å². The molecule has 40 heavy (non-hydrogen) atoms. The topological polar surface area (TPSA) is 157 Å². The fourth-order valence-corrected chi connectivity index (χ4v) is 5.36. The van der Waals surface area contributed by atoms with Crippen molar-refractivity contribution in [1.82, 2.24) is 5.32 Å². The molecule has 5 atom stereocenters. The molecule has 0 radical (unpaired) electrons. The first kappa shape index (κ1) is 28.9. The van der Waals surface area contributed by atoms with Crippen LogP contribution in [0, 0.1) is 0 Å². The van der Waals surface area contributed by atoms with Crippen LogP contribution in [-0.4, -0.2) is 74.3 Å². The second-order valence-electron chi connectivity index (χ2n) is 8.80. The van der Waals surface area contributed by atoms with E-state index in [0.29, 0.717) is 0 Å². The van der Waals surface area contributed by atoms with Gasteiger partial charge in [0.05, 0.1) is 11.1 Å². The Kier molecular flexibility index (Phi) is 9.27. The molecule has 1 fully saturated rings. The zero-order valence-corrected chi connectivity index (χ0v) is 22.1. The summed E-state index contributed by atoms with van der Waals surface area (Å²) >= 11 is 0. The lowest BCUT2D eigenvalue weighted by atomic mass is 9.98. The highest BCUT2D eigenvalue weighted by Gasteiger charge is 2.52. The van der Waals surface area contributed by atoms with Gasteiger partial charge in [0, 0.05) is 12.7 Å². The standard InChI is InChI=1S/C28H27NO10S/c1-36-28-22(29-25(30)18-11-5-2-6-12-18)23(39-27(32)20-15-9-4-10-16-20)24(40(33,34)35)21(38-28)17-37-26(31)19-13-7-3-8-14-19/h2-16,21-24,28H,17H2,1H3,(H,29,30)(H,33,34,35)/p-1/t21-,22-,23-,24-,28+/m1/s1. The molecule has 1 amide bonds. The molecule has 0 unspecified atom stereocenters. The van der Waals surface area contributed by atoms with Gasteiger partial charge in [-0.15, -0.1) is 0 Å². The molecule has 1 aliphatic rings. The Morgan fingerprint density at radius 3 is 1.82 bits per heavy atom. The summed E-state index contributed by atoms with van der Waals surface area (Å²) in [4.78, 5) is 38.6. The summed E-state index contributed by atoms with van der Waals surface area (Å²) in [5.74, 6) is -2.40. The lowest BCUT2D eigenvalue weighted by Gasteiger charge is -2.46. The Bertz CT molecular complexity index is 1420. The Balaban J connectivity index is 1.68. The Morgan fingerprint density at radius 1 is 0.825 bits per heavy atom. The predicted octanol–water partition coefficient (Wildman–Crippen LogP) is 2.15. The van der Waals surface area contributed by atoms with Crippen molar-refractivity contribution in [1.29, 1.82) is 0 Å². The number of hydrogen-bond donors (Lipinski definition) is 1. The van der Waals surface area contributed by atoms with E-state index in [9.17, 15) is 27.4 Å². The van der Waals surface area contributed by atoms with Crippen molar-refractivity contribution in [3.05, 3.63) is 108 Å². The first-order valence-corrected chi connectivity index (χ1v) is 13.6. The van der Waals surface area contributed by atoms with E-state index in [1.54, 1.807) is 54.6 Å². The van der Waals surface area contributed by atoms with Crippen molar-refractivity contribution in [3.63, 3.8) is 0 Å². The molecule has 1 aliphatic heterocycles. The van der Waals surface area contributed by atoms with Crippen LogP contribution < -0.4 is 5.32 Å².